The van der Waals surface area contributed by atoms with E-state index in [0.717, 1.165) is 0 Å². The summed E-state index contributed by atoms with van der Waals surface area (Å²) in [6, 6.07) is 71.9. The standard InChI is InChI=1S/C52H32/c1-2-8-34(9-3-1)49-30-38-10-4-5-11-39(38)31-50(49)43-25-27-46-42(29-43)23-22-41-28-40(24-26-45(41)46)33-16-18-35(19-17-33)48-32-44-14-6-12-36-20-21-37-13-7-15-47(48)52(37)51(36)44/h1-32H. The van der Waals surface area contributed by atoms with Crippen LogP contribution in [-0.4, -0.2) is 0 Å². The predicted molar refractivity (Wildman–Crippen MR) is 224 cm³/mol. The molecule has 0 nitrogen and oxygen atoms in total. The maximum absolute atomic E-state index is 2.37. The first-order valence-electron chi connectivity index (χ1n) is 18.1. The Morgan fingerprint density at radius 2 is 0.673 bits per heavy atom. The van der Waals surface area contributed by atoms with Gasteiger partial charge in [0.1, 0.15) is 0 Å². The molecule has 0 aliphatic carbocycles. The van der Waals surface area contributed by atoms with Crippen molar-refractivity contribution in [2.45, 2.75) is 0 Å². The van der Waals surface area contributed by atoms with Crippen molar-refractivity contribution in [3.63, 3.8) is 0 Å². The van der Waals surface area contributed by atoms with E-state index in [1.807, 2.05) is 0 Å². The van der Waals surface area contributed by atoms with Gasteiger partial charge in [0.25, 0.3) is 0 Å². The van der Waals surface area contributed by atoms with Crippen molar-refractivity contribution in [3.8, 4) is 44.5 Å². The molecule has 0 saturated heterocycles. The summed E-state index contributed by atoms with van der Waals surface area (Å²) in [6.07, 6.45) is 0. The van der Waals surface area contributed by atoms with Gasteiger partial charge < -0.3 is 0 Å². The summed E-state index contributed by atoms with van der Waals surface area (Å²) in [6.45, 7) is 0. The van der Waals surface area contributed by atoms with Crippen molar-refractivity contribution in [1.29, 1.82) is 0 Å². The fourth-order valence-electron chi connectivity index (χ4n) is 8.60. The van der Waals surface area contributed by atoms with E-state index < -0.39 is 0 Å². The highest BCUT2D eigenvalue weighted by Crippen LogP contribution is 2.42. The Kier molecular flexibility index (Phi) is 6.35. The zero-order valence-electron chi connectivity index (χ0n) is 28.5. The van der Waals surface area contributed by atoms with Gasteiger partial charge in [0.05, 0.1) is 0 Å². The normalized spacial score (nSPS) is 11.8. The minimum atomic E-state index is 1.22. The summed E-state index contributed by atoms with van der Waals surface area (Å²) in [4.78, 5) is 0. The Labute approximate surface area is 302 Å². The largest absolute Gasteiger partial charge is 0.0622 e. The summed E-state index contributed by atoms with van der Waals surface area (Å²) in [5.41, 5.74) is 9.97. The van der Waals surface area contributed by atoms with Crippen LogP contribution in [0.15, 0.2) is 194 Å². The summed E-state index contributed by atoms with van der Waals surface area (Å²) in [5.74, 6) is 0. The van der Waals surface area contributed by atoms with Crippen molar-refractivity contribution in [3.05, 3.63) is 194 Å². The summed E-state index contributed by atoms with van der Waals surface area (Å²) in [5, 5.41) is 15.5. The number of fused-ring (bicyclic) bond motifs is 4. The lowest BCUT2D eigenvalue weighted by Crippen LogP contribution is -1.88. The molecule has 0 aliphatic heterocycles. The molecule has 0 radical (unpaired) electrons. The lowest BCUT2D eigenvalue weighted by molar-refractivity contribution is 1.62. The second-order valence-electron chi connectivity index (χ2n) is 14.1. The first-order valence-corrected chi connectivity index (χ1v) is 18.1. The van der Waals surface area contributed by atoms with Crippen molar-refractivity contribution >= 4 is 64.6 Å². The van der Waals surface area contributed by atoms with Gasteiger partial charge in [-0.15, -0.1) is 0 Å². The number of benzene rings is 11. The molecule has 0 amide bonds. The summed E-state index contributed by atoms with van der Waals surface area (Å²) >= 11 is 0. The lowest BCUT2D eigenvalue weighted by Gasteiger charge is -2.15. The van der Waals surface area contributed by atoms with E-state index in [0.29, 0.717) is 0 Å². The quantitative estimate of drug-likeness (QED) is 0.165. The van der Waals surface area contributed by atoms with Crippen LogP contribution >= 0.6 is 0 Å². The highest BCUT2D eigenvalue weighted by atomic mass is 14.2. The highest BCUT2D eigenvalue weighted by molar-refractivity contribution is 6.26. The molecule has 0 N–H and O–H groups in total. The molecule has 0 aliphatic rings. The molecule has 0 heterocycles. The third kappa shape index (κ3) is 4.55. The van der Waals surface area contributed by atoms with Gasteiger partial charge >= 0.3 is 0 Å². The Bertz CT molecular complexity index is 3150. The molecule has 52 heavy (non-hydrogen) atoms. The van der Waals surface area contributed by atoms with Crippen LogP contribution in [0.1, 0.15) is 0 Å². The van der Waals surface area contributed by atoms with Gasteiger partial charge in [-0.3, -0.25) is 0 Å². The highest BCUT2D eigenvalue weighted by Gasteiger charge is 2.14. The van der Waals surface area contributed by atoms with E-state index >= 15 is 0 Å². The fraction of sp³-hybridized carbons (Fsp3) is 0. The molecule has 0 unspecified atom stereocenters. The molecule has 0 aromatic heterocycles. The zero-order valence-corrected chi connectivity index (χ0v) is 28.5. The Morgan fingerprint density at radius 3 is 1.40 bits per heavy atom. The summed E-state index contributed by atoms with van der Waals surface area (Å²) < 4.78 is 0. The Balaban J connectivity index is 0.970. The van der Waals surface area contributed by atoms with Crippen molar-refractivity contribution in [1.82, 2.24) is 0 Å². The molecular weight excluding hydrogens is 625 g/mol. The Morgan fingerprint density at radius 1 is 0.192 bits per heavy atom. The van der Waals surface area contributed by atoms with Gasteiger partial charge in [-0.2, -0.15) is 0 Å². The van der Waals surface area contributed by atoms with Crippen molar-refractivity contribution in [2.24, 2.45) is 0 Å². The van der Waals surface area contributed by atoms with Crippen molar-refractivity contribution in [2.75, 3.05) is 0 Å². The summed E-state index contributed by atoms with van der Waals surface area (Å²) in [7, 11) is 0. The van der Waals surface area contributed by atoms with Gasteiger partial charge in [-0.05, 0) is 139 Å². The van der Waals surface area contributed by atoms with Gasteiger partial charge in [-0.1, -0.05) is 164 Å². The molecular formula is C52H32. The van der Waals surface area contributed by atoms with E-state index in [-0.39, 0.29) is 0 Å². The maximum Gasteiger partial charge on any atom is -0.00206 e. The number of hydrogen-bond acceptors (Lipinski definition) is 0. The zero-order chi connectivity index (χ0) is 34.2. The average molecular weight is 657 g/mol. The lowest BCUT2D eigenvalue weighted by atomic mass is 9.88. The van der Waals surface area contributed by atoms with Crippen LogP contribution in [0.2, 0.25) is 0 Å². The molecule has 11 aromatic carbocycles. The minimum absolute atomic E-state index is 1.22. The van der Waals surface area contributed by atoms with Gasteiger partial charge in [-0.25, -0.2) is 0 Å². The van der Waals surface area contributed by atoms with E-state index in [9.17, 15) is 0 Å². The molecule has 0 saturated carbocycles. The van der Waals surface area contributed by atoms with Crippen LogP contribution in [0, 0.1) is 0 Å². The van der Waals surface area contributed by atoms with Crippen LogP contribution in [-0.2, 0) is 0 Å². The smallest absolute Gasteiger partial charge is 0.00206 e. The van der Waals surface area contributed by atoms with Gasteiger partial charge in [0.2, 0.25) is 0 Å². The number of hydrogen-bond donors (Lipinski definition) is 0. The molecule has 240 valence electrons. The number of rotatable bonds is 4. The second kappa shape index (κ2) is 11.4. The molecule has 11 rings (SSSR count). The third-order valence-electron chi connectivity index (χ3n) is 11.2. The molecule has 0 spiro atoms. The Hall–Kier alpha value is -6.76. The first kappa shape index (κ1) is 29.0. The van der Waals surface area contributed by atoms with Crippen LogP contribution in [0.4, 0.5) is 0 Å². The minimum Gasteiger partial charge on any atom is -0.0622 e. The SMILES string of the molecule is c1ccc(-c2cc3ccccc3cc2-c2ccc3c(ccc4cc(-c5ccc(-c6cc7cccc8ccc9cccc6c9c87)cc5)ccc43)c2)cc1. The van der Waals surface area contributed by atoms with Gasteiger partial charge in [0.15, 0.2) is 0 Å². The predicted octanol–water partition coefficient (Wildman–Crippen LogP) is 14.7. The van der Waals surface area contributed by atoms with E-state index in [2.05, 4.69) is 194 Å². The first-order chi connectivity index (χ1) is 25.7. The third-order valence-corrected chi connectivity index (χ3v) is 11.2. The maximum atomic E-state index is 2.37. The van der Waals surface area contributed by atoms with E-state index in [1.165, 1.54) is 109 Å². The molecule has 11 aromatic rings. The van der Waals surface area contributed by atoms with E-state index in [1.54, 1.807) is 0 Å². The van der Waals surface area contributed by atoms with Crippen LogP contribution in [0.5, 0.6) is 0 Å². The topological polar surface area (TPSA) is 0 Å². The van der Waals surface area contributed by atoms with Crippen molar-refractivity contribution < 1.29 is 0 Å². The van der Waals surface area contributed by atoms with Crippen LogP contribution in [0.25, 0.3) is 109 Å². The monoisotopic (exact) mass is 656 g/mol. The molecule has 0 bridgehead atoms. The average Bonchev–Trinajstić information content (AvgIpc) is 3.22. The molecule has 0 atom stereocenters. The fourth-order valence-corrected chi connectivity index (χ4v) is 8.60. The molecule has 0 fully saturated rings. The van der Waals surface area contributed by atoms with Crippen LogP contribution < -0.4 is 0 Å². The second-order valence-corrected chi connectivity index (χ2v) is 14.1. The van der Waals surface area contributed by atoms with Gasteiger partial charge in [0, 0.05) is 0 Å². The van der Waals surface area contributed by atoms with Crippen LogP contribution in [0.3, 0.4) is 0 Å². The van der Waals surface area contributed by atoms with E-state index in [4.69, 9.17) is 0 Å². The molecule has 0 heteroatoms.